The first-order chi connectivity index (χ1) is 13.4. The Hall–Kier alpha value is -1.88. The topological polar surface area (TPSA) is 82.4 Å². The Morgan fingerprint density at radius 2 is 2.03 bits per heavy atom. The molecule has 1 fully saturated rings. The van der Waals surface area contributed by atoms with Gasteiger partial charge < -0.3 is 14.8 Å². The second-order valence-corrected chi connectivity index (χ2v) is 14.1. The lowest BCUT2D eigenvalue weighted by Gasteiger charge is -2.19. The summed E-state index contributed by atoms with van der Waals surface area (Å²) in [5, 5.41) is 6.63. The van der Waals surface area contributed by atoms with Crippen LogP contribution in [0.25, 0.3) is 0 Å². The molecule has 0 radical (unpaired) electrons. The van der Waals surface area contributed by atoms with Gasteiger partial charge in [0.15, 0.2) is 5.82 Å². The highest BCUT2D eigenvalue weighted by atomic mass is 28.3. The van der Waals surface area contributed by atoms with Gasteiger partial charge in [-0.05, 0) is 25.3 Å². The fourth-order valence-corrected chi connectivity index (χ4v) is 3.88. The molecular weight excluding hydrogens is 407 g/mol. The van der Waals surface area contributed by atoms with Gasteiger partial charge in [0.1, 0.15) is 12.3 Å². The van der Waals surface area contributed by atoms with Gasteiger partial charge in [-0.15, -0.1) is 5.10 Å². The van der Waals surface area contributed by atoms with E-state index in [4.69, 9.17) is 9.47 Å². The van der Waals surface area contributed by atoms with Crippen molar-refractivity contribution in [3.63, 3.8) is 0 Å². The number of alkyl halides is 3. The summed E-state index contributed by atoms with van der Waals surface area (Å²) in [5.41, 5.74) is -2.00. The van der Waals surface area contributed by atoms with E-state index in [1.165, 1.54) is 7.11 Å². The minimum Gasteiger partial charge on any atom is -0.469 e. The molecule has 0 bridgehead atoms. The Labute approximate surface area is 168 Å². The van der Waals surface area contributed by atoms with E-state index in [9.17, 15) is 22.8 Å². The Bertz CT molecular complexity index is 777. The number of esters is 1. The lowest BCUT2D eigenvalue weighted by atomic mass is 10.1. The van der Waals surface area contributed by atoms with Crippen LogP contribution in [-0.4, -0.2) is 43.6 Å². The van der Waals surface area contributed by atoms with Crippen LogP contribution in [0.3, 0.4) is 0 Å². The molecule has 1 aromatic rings. The van der Waals surface area contributed by atoms with E-state index in [-0.39, 0.29) is 24.7 Å². The number of carbonyl (C=O) groups excluding carboxylic acids is 1. The van der Waals surface area contributed by atoms with Crippen molar-refractivity contribution in [1.82, 2.24) is 9.78 Å². The van der Waals surface area contributed by atoms with E-state index in [2.05, 4.69) is 30.1 Å². The molecule has 1 heterocycles. The second-order valence-electron chi connectivity index (χ2n) is 8.46. The van der Waals surface area contributed by atoms with E-state index in [1.54, 1.807) is 0 Å². The number of nitrogens with zero attached hydrogens (tertiary/aromatic N) is 2. The summed E-state index contributed by atoms with van der Waals surface area (Å²) in [6.07, 6.45) is -3.36. The predicted molar refractivity (Wildman–Crippen MR) is 104 cm³/mol. The van der Waals surface area contributed by atoms with E-state index < -0.39 is 31.2 Å². The molecule has 2 rings (SSSR count). The summed E-state index contributed by atoms with van der Waals surface area (Å²) < 4.78 is 51.2. The number of carbonyl (C=O) groups is 1. The zero-order valence-electron chi connectivity index (χ0n) is 17.1. The van der Waals surface area contributed by atoms with Crippen molar-refractivity contribution in [3.8, 4) is 0 Å². The number of rotatable bonds is 8. The Kier molecular flexibility index (Phi) is 7.49. The lowest BCUT2D eigenvalue weighted by molar-refractivity contribution is -0.145. The van der Waals surface area contributed by atoms with Crippen LogP contribution in [0.2, 0.25) is 25.7 Å². The van der Waals surface area contributed by atoms with Gasteiger partial charge in [-0.3, -0.25) is 9.59 Å². The summed E-state index contributed by atoms with van der Waals surface area (Å²) >= 11 is 0. The quantitative estimate of drug-likeness (QED) is 0.383. The van der Waals surface area contributed by atoms with Crippen LogP contribution in [0.5, 0.6) is 0 Å². The van der Waals surface area contributed by atoms with Crippen molar-refractivity contribution < 1.29 is 27.4 Å². The van der Waals surface area contributed by atoms with Crippen LogP contribution in [0, 0.1) is 5.92 Å². The van der Waals surface area contributed by atoms with Gasteiger partial charge >= 0.3 is 12.1 Å². The van der Waals surface area contributed by atoms with Crippen LogP contribution in [0.1, 0.15) is 24.8 Å². The van der Waals surface area contributed by atoms with Crippen molar-refractivity contribution >= 4 is 19.9 Å². The number of aromatic nitrogens is 2. The molecule has 0 spiro atoms. The largest absolute Gasteiger partial charge is 0.469 e. The fraction of sp³-hybridized carbons (Fsp3) is 0.722. The zero-order chi connectivity index (χ0) is 21.8. The van der Waals surface area contributed by atoms with Gasteiger partial charge in [-0.2, -0.15) is 13.2 Å². The van der Waals surface area contributed by atoms with Crippen LogP contribution in [0.15, 0.2) is 10.9 Å². The number of anilines is 1. The Balaban J connectivity index is 2.16. The average Bonchev–Trinajstić information content (AvgIpc) is 3.06. The smallest absolute Gasteiger partial charge is 0.420 e. The molecule has 11 heteroatoms. The van der Waals surface area contributed by atoms with Crippen molar-refractivity contribution in [2.45, 2.75) is 63.9 Å². The third kappa shape index (κ3) is 6.84. The van der Waals surface area contributed by atoms with Gasteiger partial charge in [-0.25, -0.2) is 4.68 Å². The molecule has 0 unspecified atom stereocenters. The van der Waals surface area contributed by atoms with E-state index >= 15 is 0 Å². The molecule has 1 aliphatic carbocycles. The minimum atomic E-state index is -4.73. The van der Waals surface area contributed by atoms with E-state index in [0.717, 1.165) is 10.7 Å². The fourth-order valence-electron chi connectivity index (χ4n) is 3.12. The molecule has 0 aliphatic heterocycles. The maximum Gasteiger partial charge on any atom is 0.420 e. The lowest BCUT2D eigenvalue weighted by Crippen LogP contribution is -2.30. The molecule has 7 nitrogen and oxygen atoms in total. The van der Waals surface area contributed by atoms with Crippen LogP contribution in [-0.2, 0) is 27.2 Å². The van der Waals surface area contributed by atoms with Gasteiger partial charge in [-0.1, -0.05) is 19.6 Å². The molecule has 1 aliphatic rings. The van der Waals surface area contributed by atoms with Crippen molar-refractivity contribution in [3.05, 3.63) is 22.0 Å². The molecular formula is C18H28F3N3O4Si. The summed E-state index contributed by atoms with van der Waals surface area (Å²) in [6, 6.07) is 1.03. The Morgan fingerprint density at radius 1 is 1.34 bits per heavy atom. The van der Waals surface area contributed by atoms with E-state index in [1.807, 2.05) is 0 Å². The number of hydrogen-bond donors (Lipinski definition) is 1. The predicted octanol–water partition coefficient (Wildman–Crippen LogP) is 3.33. The number of hydrogen-bond acceptors (Lipinski definition) is 6. The first-order valence-electron chi connectivity index (χ1n) is 9.52. The monoisotopic (exact) mass is 435 g/mol. The van der Waals surface area contributed by atoms with Crippen LogP contribution in [0.4, 0.5) is 19.0 Å². The molecule has 1 saturated carbocycles. The average molecular weight is 436 g/mol. The van der Waals surface area contributed by atoms with Gasteiger partial charge in [0, 0.05) is 26.8 Å². The number of nitrogens with one attached hydrogen (secondary N) is 1. The van der Waals surface area contributed by atoms with Gasteiger partial charge in [0.05, 0.1) is 13.0 Å². The third-order valence-electron chi connectivity index (χ3n) is 4.82. The normalized spacial score (nSPS) is 20.0. The number of methoxy groups -OCH3 is 1. The highest BCUT2D eigenvalue weighted by molar-refractivity contribution is 6.76. The van der Waals surface area contributed by atoms with Crippen LogP contribution < -0.4 is 10.9 Å². The van der Waals surface area contributed by atoms with Crippen molar-refractivity contribution in [1.29, 1.82) is 0 Å². The maximum atomic E-state index is 13.4. The highest BCUT2D eigenvalue weighted by Crippen LogP contribution is 2.35. The van der Waals surface area contributed by atoms with Crippen molar-refractivity contribution in [2.75, 3.05) is 19.0 Å². The summed E-state index contributed by atoms with van der Waals surface area (Å²) in [5.74, 6) is -1.16. The summed E-state index contributed by atoms with van der Waals surface area (Å²) in [4.78, 5) is 23.7. The summed E-state index contributed by atoms with van der Waals surface area (Å²) in [7, 11) is -0.0470. The summed E-state index contributed by atoms with van der Waals surface area (Å²) in [6.45, 7) is 6.71. The maximum absolute atomic E-state index is 13.4. The second kappa shape index (κ2) is 9.29. The molecule has 1 aromatic heterocycles. The number of halogens is 3. The Morgan fingerprint density at radius 3 is 2.62 bits per heavy atom. The molecule has 1 N–H and O–H groups in total. The van der Waals surface area contributed by atoms with Gasteiger partial charge in [0.2, 0.25) is 0 Å². The number of ether oxygens (including phenoxy) is 2. The first-order valence-corrected chi connectivity index (χ1v) is 13.2. The molecule has 0 saturated heterocycles. The standard InChI is InChI=1S/C18H28F3N3O4Si/c1-27-17(26)12-5-6-13(9-12)22-16-14(18(19,20)21)10-15(25)24(23-16)11-28-7-8-29(2,3)4/h10,12-13H,5-9,11H2,1-4H3,(H,22,23)/t12-,13-/m0/s1. The first kappa shape index (κ1) is 23.4. The molecule has 2 atom stereocenters. The highest BCUT2D eigenvalue weighted by Gasteiger charge is 2.38. The van der Waals surface area contributed by atoms with Crippen LogP contribution >= 0.6 is 0 Å². The van der Waals surface area contributed by atoms with Gasteiger partial charge in [0.25, 0.3) is 5.56 Å². The molecule has 164 valence electrons. The molecule has 29 heavy (non-hydrogen) atoms. The molecule has 0 aromatic carbocycles. The zero-order valence-corrected chi connectivity index (χ0v) is 18.1. The SMILES string of the molecule is COC(=O)[C@H]1CC[C@H](Nc2nn(COCC[Si](C)(C)C)c(=O)cc2C(F)(F)F)C1. The van der Waals surface area contributed by atoms with E-state index in [0.29, 0.717) is 31.9 Å². The third-order valence-corrected chi connectivity index (χ3v) is 6.53. The van der Waals surface area contributed by atoms with Crippen molar-refractivity contribution in [2.24, 2.45) is 5.92 Å². The minimum absolute atomic E-state index is 0.217. The molecule has 0 amide bonds.